The summed E-state index contributed by atoms with van der Waals surface area (Å²) >= 11 is 0. The van der Waals surface area contributed by atoms with Gasteiger partial charge in [0, 0.05) is 6.07 Å². The van der Waals surface area contributed by atoms with Gasteiger partial charge in [-0.15, -0.1) is 0 Å². The van der Waals surface area contributed by atoms with E-state index in [9.17, 15) is 24.1 Å². The number of benzene rings is 1. The highest BCUT2D eigenvalue weighted by atomic mass is 19.1. The predicted octanol–water partition coefficient (Wildman–Crippen LogP) is 1.73. The first-order valence-corrected chi connectivity index (χ1v) is 6.50. The van der Waals surface area contributed by atoms with Crippen LogP contribution < -0.4 is 5.32 Å². The third-order valence-electron chi connectivity index (χ3n) is 2.42. The van der Waals surface area contributed by atoms with E-state index in [1.165, 1.54) is 6.07 Å². The minimum Gasteiger partial charge on any atom is -0.459 e. The molecule has 7 nitrogen and oxygen atoms in total. The fraction of sp³-hybridized carbons (Fsp3) is 0.429. The Morgan fingerprint density at radius 3 is 2.55 bits per heavy atom. The van der Waals surface area contributed by atoms with Crippen molar-refractivity contribution in [2.45, 2.75) is 32.8 Å². The van der Waals surface area contributed by atoms with Gasteiger partial charge in [-0.2, -0.15) is 4.39 Å². The molecule has 8 heteroatoms. The number of nitrogens with zero attached hydrogens (tertiary/aromatic N) is 1. The third-order valence-corrected chi connectivity index (χ3v) is 2.42. The van der Waals surface area contributed by atoms with Gasteiger partial charge in [0.2, 0.25) is 11.7 Å². The molecule has 0 fully saturated rings. The Morgan fingerprint density at radius 1 is 1.36 bits per heavy atom. The summed E-state index contributed by atoms with van der Waals surface area (Å²) in [7, 11) is 0. The van der Waals surface area contributed by atoms with Gasteiger partial charge in [-0.05, 0) is 32.4 Å². The van der Waals surface area contributed by atoms with Crippen LogP contribution in [0.4, 0.5) is 10.1 Å². The van der Waals surface area contributed by atoms with E-state index in [0.29, 0.717) is 0 Å². The fourth-order valence-electron chi connectivity index (χ4n) is 1.60. The second kappa shape index (κ2) is 6.97. The monoisotopic (exact) mass is 312 g/mol. The average molecular weight is 312 g/mol. The van der Waals surface area contributed by atoms with Crippen molar-refractivity contribution in [2.75, 3.05) is 6.54 Å². The van der Waals surface area contributed by atoms with E-state index in [2.05, 4.69) is 5.32 Å². The molecule has 0 aliphatic carbocycles. The number of hydrogen-bond acceptors (Lipinski definition) is 5. The highest BCUT2D eigenvalue weighted by Crippen LogP contribution is 2.18. The van der Waals surface area contributed by atoms with Gasteiger partial charge in [0.15, 0.2) is 0 Å². The Hall–Kier alpha value is -2.51. The van der Waals surface area contributed by atoms with Gasteiger partial charge in [0.05, 0.1) is 11.3 Å². The molecule has 0 aliphatic heterocycles. The van der Waals surface area contributed by atoms with Gasteiger partial charge in [-0.3, -0.25) is 19.7 Å². The number of carbonyl (C=O) groups excluding carboxylic acids is 2. The zero-order valence-electron chi connectivity index (χ0n) is 12.5. The molecule has 1 rings (SSSR count). The van der Waals surface area contributed by atoms with Crippen LogP contribution in [0.1, 0.15) is 26.3 Å². The third kappa shape index (κ3) is 5.86. The summed E-state index contributed by atoms with van der Waals surface area (Å²) in [6.07, 6.45) is -0.204. The first-order chi connectivity index (χ1) is 10.1. The highest BCUT2D eigenvalue weighted by molar-refractivity contribution is 5.83. The van der Waals surface area contributed by atoms with Crippen molar-refractivity contribution in [1.29, 1.82) is 0 Å². The summed E-state index contributed by atoms with van der Waals surface area (Å²) in [5.41, 5.74) is -1.08. The number of nitrogens with one attached hydrogen (secondary N) is 1. The lowest BCUT2D eigenvalue weighted by Crippen LogP contribution is -2.35. The van der Waals surface area contributed by atoms with Gasteiger partial charge < -0.3 is 10.1 Å². The summed E-state index contributed by atoms with van der Waals surface area (Å²) in [5.74, 6) is -2.08. The van der Waals surface area contributed by atoms with E-state index in [4.69, 9.17) is 4.74 Å². The first-order valence-electron chi connectivity index (χ1n) is 6.50. The number of halogens is 1. The summed E-state index contributed by atoms with van der Waals surface area (Å²) in [5, 5.41) is 13.0. The fourth-order valence-corrected chi connectivity index (χ4v) is 1.60. The van der Waals surface area contributed by atoms with Crippen LogP contribution >= 0.6 is 0 Å². The summed E-state index contributed by atoms with van der Waals surface area (Å²) in [4.78, 5) is 32.8. The van der Waals surface area contributed by atoms with Crippen molar-refractivity contribution in [3.63, 3.8) is 0 Å². The molecule has 0 atom stereocenters. The lowest BCUT2D eigenvalue weighted by Gasteiger charge is -2.19. The molecule has 0 spiro atoms. The predicted molar refractivity (Wildman–Crippen MR) is 75.6 cm³/mol. The minimum atomic E-state index is -0.970. The Labute approximate surface area is 126 Å². The maximum atomic E-state index is 13.2. The van der Waals surface area contributed by atoms with Crippen LogP contribution in [0.3, 0.4) is 0 Å². The minimum absolute atomic E-state index is 0.204. The van der Waals surface area contributed by atoms with Crippen LogP contribution in [0, 0.1) is 15.9 Å². The largest absolute Gasteiger partial charge is 0.459 e. The maximum absolute atomic E-state index is 13.2. The summed E-state index contributed by atoms with van der Waals surface area (Å²) < 4.78 is 18.2. The van der Waals surface area contributed by atoms with Crippen molar-refractivity contribution in [1.82, 2.24) is 5.32 Å². The van der Waals surface area contributed by atoms with Crippen molar-refractivity contribution >= 4 is 17.6 Å². The molecule has 1 amide bonds. The number of nitro benzene ring substituents is 1. The highest BCUT2D eigenvalue weighted by Gasteiger charge is 2.18. The van der Waals surface area contributed by atoms with Crippen LogP contribution in [0.15, 0.2) is 18.2 Å². The number of ether oxygens (including phenoxy) is 1. The van der Waals surface area contributed by atoms with E-state index in [1.807, 2.05) is 0 Å². The summed E-state index contributed by atoms with van der Waals surface area (Å²) in [6, 6.07) is 3.19. The molecule has 0 saturated heterocycles. The van der Waals surface area contributed by atoms with Crippen LogP contribution in [0.5, 0.6) is 0 Å². The number of carbonyl (C=O) groups is 2. The van der Waals surface area contributed by atoms with Crippen molar-refractivity contribution in [3.05, 3.63) is 39.7 Å². The first kappa shape index (κ1) is 17.5. The van der Waals surface area contributed by atoms with E-state index >= 15 is 0 Å². The van der Waals surface area contributed by atoms with Crippen LogP contribution in [-0.4, -0.2) is 28.9 Å². The van der Waals surface area contributed by atoms with Gasteiger partial charge in [0.25, 0.3) is 0 Å². The standard InChI is InChI=1S/C14H17FN2O5/c1-14(2,3)22-13(19)8-16-12(18)7-9-4-5-10(15)11(6-9)17(20)21/h4-6H,7-8H2,1-3H3,(H,16,18). The number of amides is 1. The molecule has 22 heavy (non-hydrogen) atoms. The molecule has 1 aromatic rings. The van der Waals surface area contributed by atoms with Gasteiger partial charge in [0.1, 0.15) is 12.1 Å². The van der Waals surface area contributed by atoms with E-state index < -0.39 is 33.9 Å². The zero-order valence-corrected chi connectivity index (χ0v) is 12.5. The normalized spacial score (nSPS) is 10.9. The number of esters is 1. The molecule has 0 aromatic heterocycles. The van der Waals surface area contributed by atoms with Crippen LogP contribution in [0.2, 0.25) is 0 Å². The Bertz CT molecular complexity index is 595. The molecule has 0 unspecified atom stereocenters. The van der Waals surface area contributed by atoms with Crippen LogP contribution in [0.25, 0.3) is 0 Å². The molecule has 0 aliphatic rings. The van der Waals surface area contributed by atoms with Crippen LogP contribution in [-0.2, 0) is 20.7 Å². The van der Waals surface area contributed by atoms with E-state index in [-0.39, 0.29) is 18.5 Å². The molecule has 1 aromatic carbocycles. The lowest BCUT2D eigenvalue weighted by atomic mass is 10.1. The quantitative estimate of drug-likeness (QED) is 0.507. The molecule has 0 saturated carbocycles. The molecular weight excluding hydrogens is 295 g/mol. The molecular formula is C14H17FN2O5. The number of nitro groups is 1. The van der Waals surface area contributed by atoms with Gasteiger partial charge in [-0.25, -0.2) is 0 Å². The van der Waals surface area contributed by atoms with Crippen molar-refractivity contribution in [3.8, 4) is 0 Å². The zero-order chi connectivity index (χ0) is 16.9. The number of rotatable bonds is 5. The molecule has 0 radical (unpaired) electrons. The Morgan fingerprint density at radius 2 is 2.00 bits per heavy atom. The smallest absolute Gasteiger partial charge is 0.325 e. The van der Waals surface area contributed by atoms with Crippen molar-refractivity contribution < 1.29 is 23.6 Å². The van der Waals surface area contributed by atoms with Gasteiger partial charge in [-0.1, -0.05) is 6.07 Å². The van der Waals surface area contributed by atoms with E-state index in [0.717, 1.165) is 12.1 Å². The SMILES string of the molecule is CC(C)(C)OC(=O)CNC(=O)Cc1ccc(F)c([N+](=O)[O-])c1. The molecule has 0 heterocycles. The molecule has 120 valence electrons. The number of hydrogen-bond donors (Lipinski definition) is 1. The van der Waals surface area contributed by atoms with Crippen molar-refractivity contribution in [2.24, 2.45) is 0 Å². The lowest BCUT2D eigenvalue weighted by molar-refractivity contribution is -0.387. The molecule has 0 bridgehead atoms. The molecule has 1 N–H and O–H groups in total. The summed E-state index contributed by atoms with van der Waals surface area (Å²) in [6.45, 7) is 4.79. The Balaban J connectivity index is 2.57. The Kier molecular flexibility index (Phi) is 5.56. The average Bonchev–Trinajstić information content (AvgIpc) is 2.36. The van der Waals surface area contributed by atoms with Gasteiger partial charge >= 0.3 is 11.7 Å². The second-order valence-corrected chi connectivity index (χ2v) is 5.58. The topological polar surface area (TPSA) is 98.5 Å². The second-order valence-electron chi connectivity index (χ2n) is 5.58. The van der Waals surface area contributed by atoms with E-state index in [1.54, 1.807) is 20.8 Å². The maximum Gasteiger partial charge on any atom is 0.325 e.